The summed E-state index contributed by atoms with van der Waals surface area (Å²) in [6.07, 6.45) is 0.0890. The molecule has 0 aliphatic rings. The maximum absolute atomic E-state index is 12.3. The van der Waals surface area contributed by atoms with Crippen LogP contribution in [0, 0.1) is 0 Å². The topological polar surface area (TPSA) is 55.4 Å². The molecule has 0 radical (unpaired) electrons. The normalized spacial score (nSPS) is 11.5. The zero-order valence-corrected chi connectivity index (χ0v) is 15.8. The number of hydrogen-bond donors (Lipinski definition) is 1. The highest BCUT2D eigenvalue weighted by atomic mass is 16.5. The average molecular weight is 373 g/mol. The van der Waals surface area contributed by atoms with E-state index in [9.17, 15) is 9.59 Å². The summed E-state index contributed by atoms with van der Waals surface area (Å²) in [5, 5.41) is 2.81. The first kappa shape index (κ1) is 19.4. The first-order valence-corrected chi connectivity index (χ1v) is 9.24. The van der Waals surface area contributed by atoms with Gasteiger partial charge in [0, 0.05) is 6.92 Å². The van der Waals surface area contributed by atoms with E-state index in [1.807, 2.05) is 72.8 Å². The largest absolute Gasteiger partial charge is 0.461 e. The molecule has 1 atom stereocenters. The summed E-state index contributed by atoms with van der Waals surface area (Å²) < 4.78 is 5.42. The number of amides is 1. The summed E-state index contributed by atoms with van der Waals surface area (Å²) in [7, 11) is 0. The van der Waals surface area contributed by atoms with E-state index in [1.54, 1.807) is 0 Å². The van der Waals surface area contributed by atoms with E-state index in [4.69, 9.17) is 4.74 Å². The SMILES string of the molecule is CC(=O)N[C@H](CC(=O)OCc1ccc(-c2ccccc2)cc1)c1ccccc1. The number of carbonyl (C=O) groups excluding carboxylic acids is 2. The second-order valence-corrected chi connectivity index (χ2v) is 6.59. The Hall–Kier alpha value is -3.40. The Bertz CT molecular complexity index is 906. The molecule has 0 unspecified atom stereocenters. The number of nitrogens with one attached hydrogen (secondary N) is 1. The second-order valence-electron chi connectivity index (χ2n) is 6.59. The second kappa shape index (κ2) is 9.51. The van der Waals surface area contributed by atoms with E-state index in [2.05, 4.69) is 17.4 Å². The molecule has 1 amide bonds. The quantitative estimate of drug-likeness (QED) is 0.613. The molecule has 0 bridgehead atoms. The van der Waals surface area contributed by atoms with Crippen LogP contribution in [0.3, 0.4) is 0 Å². The van der Waals surface area contributed by atoms with Crippen molar-refractivity contribution < 1.29 is 14.3 Å². The molecule has 0 aromatic heterocycles. The highest BCUT2D eigenvalue weighted by Gasteiger charge is 2.18. The minimum Gasteiger partial charge on any atom is -0.461 e. The van der Waals surface area contributed by atoms with Crippen molar-refractivity contribution in [1.82, 2.24) is 5.32 Å². The summed E-state index contributed by atoms with van der Waals surface area (Å²) in [6.45, 7) is 1.64. The molecule has 3 aromatic rings. The van der Waals surface area contributed by atoms with E-state index in [0.29, 0.717) is 0 Å². The molecule has 3 rings (SSSR count). The van der Waals surface area contributed by atoms with Gasteiger partial charge in [-0.2, -0.15) is 0 Å². The molecule has 1 N–H and O–H groups in total. The Kier molecular flexibility index (Phi) is 6.58. The van der Waals surface area contributed by atoms with Crippen LogP contribution in [0.5, 0.6) is 0 Å². The van der Waals surface area contributed by atoms with Crippen molar-refractivity contribution >= 4 is 11.9 Å². The molecule has 0 fully saturated rings. The third kappa shape index (κ3) is 5.55. The molecule has 0 saturated heterocycles. The van der Waals surface area contributed by atoms with E-state index in [-0.39, 0.29) is 24.9 Å². The highest BCUT2D eigenvalue weighted by Crippen LogP contribution is 2.20. The van der Waals surface area contributed by atoms with Crippen molar-refractivity contribution in [3.05, 3.63) is 96.1 Å². The minimum atomic E-state index is -0.397. The molecule has 0 heterocycles. The molecular weight excluding hydrogens is 350 g/mol. The number of ether oxygens (including phenoxy) is 1. The average Bonchev–Trinajstić information content (AvgIpc) is 2.73. The number of carbonyl (C=O) groups is 2. The van der Waals surface area contributed by atoms with Crippen LogP contribution in [-0.4, -0.2) is 11.9 Å². The summed E-state index contributed by atoms with van der Waals surface area (Å²) in [5.41, 5.74) is 4.06. The van der Waals surface area contributed by atoms with Crippen molar-refractivity contribution in [1.29, 1.82) is 0 Å². The van der Waals surface area contributed by atoms with Crippen LogP contribution in [0.2, 0.25) is 0 Å². The predicted octanol–water partition coefficient (Wildman–Crippen LogP) is 4.66. The van der Waals surface area contributed by atoms with Crippen molar-refractivity contribution in [3.63, 3.8) is 0 Å². The van der Waals surface area contributed by atoms with Crippen molar-refractivity contribution in [2.75, 3.05) is 0 Å². The molecule has 4 nitrogen and oxygen atoms in total. The van der Waals surface area contributed by atoms with Gasteiger partial charge in [-0.1, -0.05) is 84.9 Å². The van der Waals surface area contributed by atoms with Gasteiger partial charge in [0.1, 0.15) is 6.61 Å². The van der Waals surface area contributed by atoms with Crippen LogP contribution in [0.1, 0.15) is 30.5 Å². The van der Waals surface area contributed by atoms with Gasteiger partial charge in [-0.3, -0.25) is 9.59 Å². The first-order chi connectivity index (χ1) is 13.6. The third-order valence-electron chi connectivity index (χ3n) is 4.41. The Morgan fingerprint density at radius 3 is 2.00 bits per heavy atom. The first-order valence-electron chi connectivity index (χ1n) is 9.24. The Morgan fingerprint density at radius 2 is 1.39 bits per heavy atom. The molecular formula is C24H23NO3. The van der Waals surface area contributed by atoms with Gasteiger partial charge in [-0.15, -0.1) is 0 Å². The lowest BCUT2D eigenvalue weighted by Crippen LogP contribution is -2.28. The summed E-state index contributed by atoms with van der Waals surface area (Å²) >= 11 is 0. The van der Waals surface area contributed by atoms with Gasteiger partial charge in [0.2, 0.25) is 5.91 Å². The van der Waals surface area contributed by atoms with Gasteiger partial charge in [0.15, 0.2) is 0 Å². The summed E-state index contributed by atoms with van der Waals surface area (Å²) in [5.74, 6) is -0.534. The minimum absolute atomic E-state index is 0.0890. The van der Waals surface area contributed by atoms with Gasteiger partial charge in [0.05, 0.1) is 12.5 Å². The van der Waals surface area contributed by atoms with Crippen LogP contribution in [-0.2, 0) is 20.9 Å². The predicted molar refractivity (Wildman–Crippen MR) is 109 cm³/mol. The highest BCUT2D eigenvalue weighted by molar-refractivity contribution is 5.76. The number of hydrogen-bond acceptors (Lipinski definition) is 3. The standard InChI is InChI=1S/C24H23NO3/c1-18(26)25-23(22-10-6-3-7-11-22)16-24(27)28-17-19-12-14-21(15-13-19)20-8-4-2-5-9-20/h2-15,23H,16-17H2,1H3,(H,25,26)/t23-/m1/s1. The number of rotatable bonds is 7. The van der Waals surface area contributed by atoms with Crippen LogP contribution in [0.15, 0.2) is 84.9 Å². The number of esters is 1. The third-order valence-corrected chi connectivity index (χ3v) is 4.41. The van der Waals surface area contributed by atoms with Crippen molar-refractivity contribution in [2.24, 2.45) is 0 Å². The molecule has 0 saturated carbocycles. The molecule has 3 aromatic carbocycles. The molecule has 28 heavy (non-hydrogen) atoms. The number of benzene rings is 3. The maximum atomic E-state index is 12.3. The van der Waals surface area contributed by atoms with Crippen molar-refractivity contribution in [2.45, 2.75) is 26.0 Å². The molecule has 4 heteroatoms. The molecule has 0 aliphatic carbocycles. The van der Waals surface area contributed by atoms with E-state index < -0.39 is 6.04 Å². The van der Waals surface area contributed by atoms with Gasteiger partial charge in [-0.05, 0) is 22.3 Å². The zero-order valence-electron chi connectivity index (χ0n) is 15.8. The van der Waals surface area contributed by atoms with E-state index in [1.165, 1.54) is 6.92 Å². The van der Waals surface area contributed by atoms with E-state index in [0.717, 1.165) is 22.3 Å². The van der Waals surface area contributed by atoms with E-state index >= 15 is 0 Å². The Balaban J connectivity index is 1.57. The van der Waals surface area contributed by atoms with Gasteiger partial charge >= 0.3 is 5.97 Å². The Morgan fingerprint density at radius 1 is 0.821 bits per heavy atom. The van der Waals surface area contributed by atoms with Gasteiger partial charge in [-0.25, -0.2) is 0 Å². The maximum Gasteiger partial charge on any atom is 0.308 e. The monoisotopic (exact) mass is 373 g/mol. The lowest BCUT2D eigenvalue weighted by atomic mass is 10.0. The van der Waals surface area contributed by atoms with Crippen LogP contribution in [0.4, 0.5) is 0 Å². The fraction of sp³-hybridized carbons (Fsp3) is 0.167. The summed E-state index contributed by atoms with van der Waals surface area (Å²) in [4.78, 5) is 23.8. The molecule has 142 valence electrons. The van der Waals surface area contributed by atoms with Crippen LogP contribution in [0.25, 0.3) is 11.1 Å². The van der Waals surface area contributed by atoms with Crippen LogP contribution >= 0.6 is 0 Å². The van der Waals surface area contributed by atoms with Gasteiger partial charge in [0.25, 0.3) is 0 Å². The van der Waals surface area contributed by atoms with Crippen LogP contribution < -0.4 is 5.32 Å². The smallest absolute Gasteiger partial charge is 0.308 e. The van der Waals surface area contributed by atoms with Gasteiger partial charge < -0.3 is 10.1 Å². The molecule has 0 spiro atoms. The lowest BCUT2D eigenvalue weighted by Gasteiger charge is -2.17. The van der Waals surface area contributed by atoms with Crippen molar-refractivity contribution in [3.8, 4) is 11.1 Å². The fourth-order valence-electron chi connectivity index (χ4n) is 3.00. The lowest BCUT2D eigenvalue weighted by molar-refractivity contribution is -0.145. The zero-order chi connectivity index (χ0) is 19.8. The summed E-state index contributed by atoms with van der Waals surface area (Å²) in [6, 6.07) is 27.1. The molecule has 0 aliphatic heterocycles. The Labute approximate surface area is 165 Å². The fourth-order valence-corrected chi connectivity index (χ4v) is 3.00.